The molecular formula is C9H7ClN4O2. The summed E-state index contributed by atoms with van der Waals surface area (Å²) < 4.78 is 1.47. The zero-order valence-corrected chi connectivity index (χ0v) is 8.83. The van der Waals surface area contributed by atoms with Crippen LogP contribution in [-0.2, 0) is 5.88 Å². The number of aromatic nitrogens is 3. The fourth-order valence-electron chi connectivity index (χ4n) is 1.31. The molecule has 0 N–H and O–H groups in total. The van der Waals surface area contributed by atoms with Crippen molar-refractivity contribution in [2.24, 2.45) is 0 Å². The van der Waals surface area contributed by atoms with E-state index in [2.05, 4.69) is 10.1 Å². The fraction of sp³-hybridized carbons (Fsp3) is 0.111. The molecule has 2 rings (SSSR count). The first-order valence-electron chi connectivity index (χ1n) is 4.42. The van der Waals surface area contributed by atoms with Crippen LogP contribution >= 0.6 is 11.6 Å². The van der Waals surface area contributed by atoms with Crippen molar-refractivity contribution in [2.75, 3.05) is 0 Å². The highest BCUT2D eigenvalue weighted by atomic mass is 35.5. The summed E-state index contributed by atoms with van der Waals surface area (Å²) in [4.78, 5) is 14.1. The van der Waals surface area contributed by atoms with E-state index in [9.17, 15) is 10.1 Å². The van der Waals surface area contributed by atoms with E-state index in [0.29, 0.717) is 11.5 Å². The highest BCUT2D eigenvalue weighted by Gasteiger charge is 2.10. The Bertz CT molecular complexity index is 526. The van der Waals surface area contributed by atoms with E-state index in [-0.39, 0.29) is 11.6 Å². The molecular weight excluding hydrogens is 232 g/mol. The highest BCUT2D eigenvalue weighted by Crippen LogP contribution is 2.17. The van der Waals surface area contributed by atoms with E-state index in [1.807, 2.05) is 0 Å². The minimum absolute atomic E-state index is 0.00789. The molecule has 0 atom stereocenters. The van der Waals surface area contributed by atoms with Gasteiger partial charge in [-0.15, -0.1) is 11.6 Å². The Morgan fingerprint density at radius 1 is 1.50 bits per heavy atom. The van der Waals surface area contributed by atoms with E-state index in [0.717, 1.165) is 0 Å². The van der Waals surface area contributed by atoms with Crippen LogP contribution in [0.2, 0.25) is 0 Å². The predicted octanol–water partition coefficient (Wildman–Crippen LogP) is 1.91. The molecule has 0 unspecified atom stereocenters. The van der Waals surface area contributed by atoms with Crippen LogP contribution in [0.3, 0.4) is 0 Å². The molecule has 1 heterocycles. The van der Waals surface area contributed by atoms with E-state index in [4.69, 9.17) is 11.6 Å². The van der Waals surface area contributed by atoms with Gasteiger partial charge in [0.1, 0.15) is 12.2 Å². The minimum Gasteiger partial charge on any atom is -0.258 e. The summed E-state index contributed by atoms with van der Waals surface area (Å²) in [6.07, 6.45) is 1.36. The lowest BCUT2D eigenvalue weighted by Crippen LogP contribution is -2.01. The largest absolute Gasteiger partial charge is 0.271 e. The summed E-state index contributed by atoms with van der Waals surface area (Å²) in [5.41, 5.74) is 0.580. The number of nitrogens with zero attached hydrogens (tertiary/aromatic N) is 4. The van der Waals surface area contributed by atoms with Gasteiger partial charge >= 0.3 is 0 Å². The fourth-order valence-corrected chi connectivity index (χ4v) is 1.49. The van der Waals surface area contributed by atoms with E-state index < -0.39 is 4.92 Å². The van der Waals surface area contributed by atoms with E-state index in [1.54, 1.807) is 12.1 Å². The van der Waals surface area contributed by atoms with Crippen LogP contribution in [0.1, 0.15) is 5.82 Å². The summed E-state index contributed by atoms with van der Waals surface area (Å²) in [6, 6.07) is 6.14. The maximum atomic E-state index is 10.6. The van der Waals surface area contributed by atoms with Gasteiger partial charge in [-0.25, -0.2) is 9.67 Å². The predicted molar refractivity (Wildman–Crippen MR) is 57.6 cm³/mol. The third-order valence-electron chi connectivity index (χ3n) is 2.02. The Kier molecular flexibility index (Phi) is 2.82. The molecule has 0 radical (unpaired) electrons. The maximum Gasteiger partial charge on any atom is 0.271 e. The van der Waals surface area contributed by atoms with Gasteiger partial charge in [0, 0.05) is 12.1 Å². The lowest BCUT2D eigenvalue weighted by molar-refractivity contribution is -0.384. The molecule has 16 heavy (non-hydrogen) atoms. The third kappa shape index (κ3) is 1.87. The van der Waals surface area contributed by atoms with Crippen LogP contribution in [0, 0.1) is 10.1 Å². The quantitative estimate of drug-likeness (QED) is 0.465. The van der Waals surface area contributed by atoms with Crippen LogP contribution in [0.5, 0.6) is 0 Å². The second-order valence-corrected chi connectivity index (χ2v) is 3.27. The molecule has 1 aromatic heterocycles. The lowest BCUT2D eigenvalue weighted by Gasteiger charge is -2.02. The molecule has 82 valence electrons. The van der Waals surface area contributed by atoms with Crippen molar-refractivity contribution in [1.82, 2.24) is 14.8 Å². The van der Waals surface area contributed by atoms with Crippen LogP contribution in [0.4, 0.5) is 5.69 Å². The number of rotatable bonds is 3. The van der Waals surface area contributed by atoms with Crippen molar-refractivity contribution in [3.63, 3.8) is 0 Å². The number of nitro groups is 1. The second kappa shape index (κ2) is 4.28. The van der Waals surface area contributed by atoms with Gasteiger partial charge in [0.2, 0.25) is 0 Å². The molecule has 0 saturated heterocycles. The Labute approximate surface area is 95.6 Å². The van der Waals surface area contributed by atoms with Crippen molar-refractivity contribution in [3.8, 4) is 5.69 Å². The topological polar surface area (TPSA) is 73.8 Å². The van der Waals surface area contributed by atoms with E-state index >= 15 is 0 Å². The normalized spacial score (nSPS) is 10.3. The van der Waals surface area contributed by atoms with Gasteiger partial charge in [-0.2, -0.15) is 5.10 Å². The molecule has 2 aromatic rings. The average Bonchev–Trinajstić information content (AvgIpc) is 2.77. The molecule has 0 aliphatic heterocycles. The van der Waals surface area contributed by atoms with Gasteiger partial charge in [0.05, 0.1) is 16.5 Å². The molecule has 0 saturated carbocycles. The number of nitro benzene ring substituents is 1. The summed E-state index contributed by atoms with van der Waals surface area (Å²) in [5.74, 6) is 0.741. The molecule has 6 nitrogen and oxygen atoms in total. The summed E-state index contributed by atoms with van der Waals surface area (Å²) in [5, 5.41) is 14.6. The molecule has 0 amide bonds. The Hall–Kier alpha value is -1.95. The number of alkyl halides is 1. The molecule has 0 aliphatic carbocycles. The van der Waals surface area contributed by atoms with E-state index in [1.165, 1.54) is 23.1 Å². The Balaban J connectivity index is 2.48. The Morgan fingerprint density at radius 2 is 2.31 bits per heavy atom. The van der Waals surface area contributed by atoms with Crippen LogP contribution in [0.25, 0.3) is 5.69 Å². The van der Waals surface area contributed by atoms with Crippen LogP contribution < -0.4 is 0 Å². The number of non-ortho nitro benzene ring substituents is 1. The van der Waals surface area contributed by atoms with Crippen molar-refractivity contribution >= 4 is 17.3 Å². The first-order chi connectivity index (χ1) is 7.72. The number of hydrogen-bond donors (Lipinski definition) is 0. The average molecular weight is 239 g/mol. The SMILES string of the molecule is O=[N+]([O-])c1cccc(-n2ncnc2CCl)c1. The van der Waals surface area contributed by atoms with Gasteiger partial charge in [0.25, 0.3) is 5.69 Å². The molecule has 0 aliphatic rings. The summed E-state index contributed by atoms with van der Waals surface area (Å²) >= 11 is 5.67. The smallest absolute Gasteiger partial charge is 0.258 e. The zero-order valence-electron chi connectivity index (χ0n) is 8.08. The molecule has 7 heteroatoms. The molecule has 0 spiro atoms. The molecule has 1 aromatic carbocycles. The second-order valence-electron chi connectivity index (χ2n) is 3.00. The van der Waals surface area contributed by atoms with Gasteiger partial charge in [-0.1, -0.05) is 6.07 Å². The first-order valence-corrected chi connectivity index (χ1v) is 4.95. The highest BCUT2D eigenvalue weighted by molar-refractivity contribution is 6.16. The lowest BCUT2D eigenvalue weighted by atomic mass is 10.3. The van der Waals surface area contributed by atoms with Crippen molar-refractivity contribution in [1.29, 1.82) is 0 Å². The van der Waals surface area contributed by atoms with Crippen LogP contribution in [-0.4, -0.2) is 19.7 Å². The summed E-state index contributed by atoms with van der Waals surface area (Å²) in [6.45, 7) is 0. The third-order valence-corrected chi connectivity index (χ3v) is 2.26. The van der Waals surface area contributed by atoms with Crippen molar-refractivity contribution in [3.05, 3.63) is 46.5 Å². The minimum atomic E-state index is -0.458. The standard InChI is InChI=1S/C9H7ClN4O2/c10-5-9-11-6-12-13(9)7-2-1-3-8(4-7)14(15)16/h1-4,6H,5H2. The Morgan fingerprint density at radius 3 is 3.00 bits per heavy atom. The number of hydrogen-bond acceptors (Lipinski definition) is 4. The van der Waals surface area contributed by atoms with Gasteiger partial charge in [-0.3, -0.25) is 10.1 Å². The number of halogens is 1. The van der Waals surface area contributed by atoms with Crippen molar-refractivity contribution < 1.29 is 4.92 Å². The maximum absolute atomic E-state index is 10.6. The van der Waals surface area contributed by atoms with Crippen LogP contribution in [0.15, 0.2) is 30.6 Å². The zero-order chi connectivity index (χ0) is 11.5. The summed E-state index contributed by atoms with van der Waals surface area (Å²) in [7, 11) is 0. The molecule has 0 bridgehead atoms. The molecule has 0 fully saturated rings. The number of benzene rings is 1. The van der Waals surface area contributed by atoms with Gasteiger partial charge in [0.15, 0.2) is 0 Å². The van der Waals surface area contributed by atoms with Crippen molar-refractivity contribution in [2.45, 2.75) is 5.88 Å². The van der Waals surface area contributed by atoms with Gasteiger partial charge < -0.3 is 0 Å². The monoisotopic (exact) mass is 238 g/mol. The van der Waals surface area contributed by atoms with Gasteiger partial charge in [-0.05, 0) is 6.07 Å². The first kappa shape index (κ1) is 10.6.